The van der Waals surface area contributed by atoms with Gasteiger partial charge in [-0.1, -0.05) is 36.0 Å². The summed E-state index contributed by atoms with van der Waals surface area (Å²) >= 11 is 1.12. The minimum absolute atomic E-state index is 0. The zero-order valence-electron chi connectivity index (χ0n) is 22.1. The van der Waals surface area contributed by atoms with E-state index < -0.39 is 0 Å². The molecule has 0 saturated heterocycles. The van der Waals surface area contributed by atoms with E-state index in [4.69, 9.17) is 5.73 Å². The Hall–Kier alpha value is -1.79. The van der Waals surface area contributed by atoms with Crippen LogP contribution in [0.5, 0.6) is 5.75 Å². The van der Waals surface area contributed by atoms with Gasteiger partial charge in [-0.25, -0.2) is 4.39 Å². The summed E-state index contributed by atoms with van der Waals surface area (Å²) in [5.74, 6) is -0.408. The van der Waals surface area contributed by atoms with Gasteiger partial charge < -0.3 is 25.6 Å². The normalized spacial score (nSPS) is 15.3. The smallest absolute Gasteiger partial charge is 0.305 e. The highest BCUT2D eigenvalue weighted by molar-refractivity contribution is 8.93. The number of phenols is 1. The lowest BCUT2D eigenvalue weighted by molar-refractivity contribution is -0.950. The Kier molecular flexibility index (Phi) is 13.6. The molecule has 4 rings (SSSR count). The summed E-state index contributed by atoms with van der Waals surface area (Å²) in [6, 6.07) is 10.8. The molecule has 0 aliphatic heterocycles. The molecule has 2 aromatic carbocycles. The number of halogens is 3. The first-order valence-corrected chi connectivity index (χ1v) is 14.1. The molecule has 1 amide bonds. The third kappa shape index (κ3) is 9.11. The molecule has 11 heteroatoms. The number of nitrogens with zero attached hydrogens (tertiary/aromatic N) is 1. The molecule has 1 unspecified atom stereocenters. The molecule has 1 atom stereocenters. The van der Waals surface area contributed by atoms with Gasteiger partial charge in [0.2, 0.25) is 5.91 Å². The van der Waals surface area contributed by atoms with E-state index in [1.165, 1.54) is 25.3 Å². The summed E-state index contributed by atoms with van der Waals surface area (Å²) in [4.78, 5) is 26.2. The lowest BCUT2D eigenvalue weighted by Crippen LogP contribution is -2.60. The number of hydrogen-bond acceptors (Lipinski definition) is 5. The molecule has 7 nitrogen and oxygen atoms in total. The molecule has 1 aliphatic carbocycles. The van der Waals surface area contributed by atoms with Crippen LogP contribution in [0.2, 0.25) is 0 Å². The monoisotopic (exact) mass is 689 g/mol. The number of aromatic amines is 1. The molecule has 0 spiro atoms. The molecular weight excluding hydrogens is 651 g/mol. The van der Waals surface area contributed by atoms with Gasteiger partial charge in [-0.15, -0.1) is 34.0 Å². The Morgan fingerprint density at radius 2 is 1.85 bits per heavy atom. The number of aromatic nitrogens is 1. The van der Waals surface area contributed by atoms with E-state index in [1.54, 1.807) is 18.2 Å². The Morgan fingerprint density at radius 1 is 1.08 bits per heavy atom. The largest absolute Gasteiger partial charge is 0.506 e. The van der Waals surface area contributed by atoms with E-state index in [0.29, 0.717) is 24.5 Å². The second-order valence-corrected chi connectivity index (χ2v) is 11.2. The highest BCUT2D eigenvalue weighted by atomic mass is 79.9. The van der Waals surface area contributed by atoms with Crippen molar-refractivity contribution in [2.24, 2.45) is 5.73 Å². The van der Waals surface area contributed by atoms with Crippen LogP contribution in [-0.4, -0.2) is 59.2 Å². The summed E-state index contributed by atoms with van der Waals surface area (Å²) in [7, 11) is 0. The van der Waals surface area contributed by atoms with Crippen LogP contribution in [0.3, 0.4) is 0 Å². The molecule has 1 aliphatic rings. The molecule has 0 radical (unpaired) electrons. The van der Waals surface area contributed by atoms with Crippen molar-refractivity contribution in [3.8, 4) is 5.75 Å². The minimum atomic E-state index is -0.279. The fourth-order valence-electron chi connectivity index (χ4n) is 5.81. The summed E-state index contributed by atoms with van der Waals surface area (Å²) in [5.41, 5.74) is 8.11. The number of primary amides is 1. The van der Waals surface area contributed by atoms with Crippen LogP contribution in [0.15, 0.2) is 41.2 Å². The maximum atomic E-state index is 13.8. The van der Waals surface area contributed by atoms with Gasteiger partial charge in [0, 0.05) is 13.0 Å². The average molecular weight is 692 g/mol. The number of aromatic hydroxyl groups is 1. The molecule has 1 heterocycles. The molecule has 1 fully saturated rings. The molecule has 39 heavy (non-hydrogen) atoms. The van der Waals surface area contributed by atoms with E-state index >= 15 is 0 Å². The van der Waals surface area contributed by atoms with Crippen LogP contribution < -0.4 is 15.9 Å². The molecular formula is C28H40Br2FN4O3S+. The van der Waals surface area contributed by atoms with Gasteiger partial charge in [-0.3, -0.25) is 9.59 Å². The standard InChI is InChI=1S/C28H37FN4O3S.2BrH/c29-22-6-4-5-20(19-22)12-16-33(17-13-25(30)35,23-7-2-1-3-8-23)18-15-31-14-11-21-9-10-24(34)26-27(21)37-28(36)32-26;;/h4-6,9-10,19,23,31H,1-3,7-8,11-18H2,(H3-,30,32,34,35,36);2*1H/p+1. The number of carbonyl (C=O) groups is 1. The Labute approximate surface area is 254 Å². The van der Waals surface area contributed by atoms with E-state index in [0.717, 1.165) is 83.5 Å². The number of nitrogens with one attached hydrogen (secondary N) is 2. The van der Waals surface area contributed by atoms with Crippen LogP contribution >= 0.6 is 45.3 Å². The second-order valence-electron chi connectivity index (χ2n) is 10.2. The summed E-state index contributed by atoms with van der Waals surface area (Å²) in [6.07, 6.45) is 7.76. The highest BCUT2D eigenvalue weighted by Crippen LogP contribution is 2.30. The van der Waals surface area contributed by atoms with Crippen molar-refractivity contribution in [3.05, 3.63) is 63.0 Å². The first-order valence-electron chi connectivity index (χ1n) is 13.3. The van der Waals surface area contributed by atoms with Gasteiger partial charge >= 0.3 is 4.87 Å². The number of amides is 1. The maximum absolute atomic E-state index is 13.8. The van der Waals surface area contributed by atoms with Crippen LogP contribution in [0.25, 0.3) is 10.2 Å². The Bertz CT molecular complexity index is 1270. The third-order valence-corrected chi connectivity index (χ3v) is 8.79. The first kappa shape index (κ1) is 33.4. The van der Waals surface area contributed by atoms with Crippen LogP contribution in [0.4, 0.5) is 4.39 Å². The van der Waals surface area contributed by atoms with Crippen LogP contribution in [0, 0.1) is 5.82 Å². The number of H-pyrrole nitrogens is 1. The number of phenolic OH excluding ortho intramolecular Hbond substituents is 1. The predicted molar refractivity (Wildman–Crippen MR) is 167 cm³/mol. The van der Waals surface area contributed by atoms with Crippen molar-refractivity contribution in [3.63, 3.8) is 0 Å². The van der Waals surface area contributed by atoms with Gasteiger partial charge in [0.05, 0.1) is 36.8 Å². The van der Waals surface area contributed by atoms with Gasteiger partial charge in [-0.05, 0) is 68.0 Å². The molecule has 1 saturated carbocycles. The Balaban J connectivity index is 0.00000267. The second kappa shape index (κ2) is 15.9. The van der Waals surface area contributed by atoms with Gasteiger partial charge in [-0.2, -0.15) is 0 Å². The fourth-order valence-corrected chi connectivity index (χ4v) is 6.71. The summed E-state index contributed by atoms with van der Waals surface area (Å²) < 4.78 is 15.5. The zero-order chi connectivity index (χ0) is 26.3. The van der Waals surface area contributed by atoms with Gasteiger partial charge in [0.25, 0.3) is 0 Å². The van der Waals surface area contributed by atoms with Gasteiger partial charge in [0.15, 0.2) is 0 Å². The maximum Gasteiger partial charge on any atom is 0.305 e. The molecule has 5 N–H and O–H groups in total. The lowest BCUT2D eigenvalue weighted by Gasteiger charge is -2.47. The van der Waals surface area contributed by atoms with Crippen LogP contribution in [0.1, 0.15) is 49.7 Å². The van der Waals surface area contributed by atoms with Crippen molar-refractivity contribution in [1.29, 1.82) is 0 Å². The number of fused-ring (bicyclic) bond motifs is 1. The number of rotatable bonds is 13. The van der Waals surface area contributed by atoms with Crippen molar-refractivity contribution in [2.45, 2.75) is 57.4 Å². The van der Waals surface area contributed by atoms with Crippen molar-refractivity contribution in [2.75, 3.05) is 32.7 Å². The quantitative estimate of drug-likeness (QED) is 0.150. The van der Waals surface area contributed by atoms with Crippen molar-refractivity contribution in [1.82, 2.24) is 10.3 Å². The molecule has 0 bridgehead atoms. The molecule has 3 aromatic rings. The first-order chi connectivity index (χ1) is 17.9. The zero-order valence-corrected chi connectivity index (χ0v) is 26.4. The Morgan fingerprint density at radius 3 is 2.56 bits per heavy atom. The summed E-state index contributed by atoms with van der Waals surface area (Å²) in [5, 5.41) is 13.6. The number of nitrogens with two attached hydrogens (primary N) is 1. The van der Waals surface area contributed by atoms with Crippen molar-refractivity contribution >= 4 is 61.4 Å². The minimum Gasteiger partial charge on any atom is -0.506 e. The van der Waals surface area contributed by atoms with Crippen molar-refractivity contribution < 1.29 is 18.8 Å². The molecule has 216 valence electrons. The van der Waals surface area contributed by atoms with Crippen LogP contribution in [-0.2, 0) is 17.6 Å². The third-order valence-electron chi connectivity index (χ3n) is 7.83. The number of hydrogen-bond donors (Lipinski definition) is 4. The predicted octanol–water partition coefficient (Wildman–Crippen LogP) is 4.99. The topological polar surface area (TPSA) is 108 Å². The van der Waals surface area contributed by atoms with E-state index in [1.807, 2.05) is 12.1 Å². The number of quaternary nitrogens is 1. The SMILES string of the molecule is Br.Br.NC(=O)CC[N+](CCNCCc1ccc(O)c2[nH]c(=O)sc12)(CCc1cccc(F)c1)C1CCCCC1. The number of thiazole rings is 1. The van der Waals surface area contributed by atoms with E-state index in [9.17, 15) is 19.1 Å². The van der Waals surface area contributed by atoms with E-state index in [2.05, 4.69) is 10.3 Å². The fraction of sp³-hybridized carbons (Fsp3) is 0.500. The average Bonchev–Trinajstić information content (AvgIpc) is 3.29. The lowest BCUT2D eigenvalue weighted by atomic mass is 9.91. The number of carbonyl (C=O) groups excluding carboxylic acids is 1. The van der Waals surface area contributed by atoms with Gasteiger partial charge in [0.1, 0.15) is 17.1 Å². The number of benzene rings is 2. The van der Waals surface area contributed by atoms with E-state index in [-0.39, 0.29) is 56.3 Å². The highest BCUT2D eigenvalue weighted by Gasteiger charge is 2.37. The summed E-state index contributed by atoms with van der Waals surface area (Å²) in [6.45, 7) is 3.93. The molecule has 1 aromatic heterocycles.